The van der Waals surface area contributed by atoms with Crippen LogP contribution in [0, 0.1) is 12.3 Å². The third kappa shape index (κ3) is 5.19. The molecule has 4 heterocycles. The van der Waals surface area contributed by atoms with Crippen molar-refractivity contribution in [2.75, 3.05) is 19.8 Å². The fourth-order valence-corrected chi connectivity index (χ4v) is 6.67. The summed E-state index contributed by atoms with van der Waals surface area (Å²) in [6.45, 7) is 7.83. The molecular weight excluding hydrogens is 520 g/mol. The van der Waals surface area contributed by atoms with Crippen molar-refractivity contribution in [1.29, 1.82) is 0 Å². The Morgan fingerprint density at radius 3 is 2.68 bits per heavy atom. The van der Waals surface area contributed by atoms with Crippen LogP contribution >= 0.6 is 0 Å². The van der Waals surface area contributed by atoms with Gasteiger partial charge in [-0.1, -0.05) is 6.92 Å². The molecule has 2 aliphatic heterocycles. The maximum absolute atomic E-state index is 14.0. The molecule has 0 spiro atoms. The van der Waals surface area contributed by atoms with Crippen LogP contribution in [0.2, 0.25) is 0 Å². The molecule has 0 radical (unpaired) electrons. The van der Waals surface area contributed by atoms with Gasteiger partial charge in [0.2, 0.25) is 5.91 Å². The number of ketones is 2. The van der Waals surface area contributed by atoms with Crippen LogP contribution < -0.4 is 5.32 Å². The summed E-state index contributed by atoms with van der Waals surface area (Å²) in [5.74, 6) is 0.463. The number of hydrogen-bond donors (Lipinski definition) is 1. The van der Waals surface area contributed by atoms with Crippen LogP contribution in [0.1, 0.15) is 74.2 Å². The van der Waals surface area contributed by atoms with Crippen molar-refractivity contribution in [2.45, 2.75) is 84.5 Å². The Balaban J connectivity index is 1.44. The predicted molar refractivity (Wildman–Crippen MR) is 153 cm³/mol. The fourth-order valence-electron chi connectivity index (χ4n) is 6.67. The van der Waals surface area contributed by atoms with Gasteiger partial charge in [-0.05, 0) is 68.8 Å². The third-order valence-electron chi connectivity index (χ3n) is 8.93. The Labute approximate surface area is 239 Å². The van der Waals surface area contributed by atoms with Crippen LogP contribution in [0.3, 0.4) is 0 Å². The second-order valence-electron chi connectivity index (χ2n) is 11.8. The second kappa shape index (κ2) is 11.1. The SMILES string of the molecule is CCC(=O)[C@@H]1C[C@]23COCCCCCNCc4cc(-c5cnc(C)nc5)cc5c(C(C)=O)nn(c45)CC(=O)N1[C@@H]2C3. The first-order chi connectivity index (χ1) is 19.8. The summed E-state index contributed by atoms with van der Waals surface area (Å²) in [4.78, 5) is 50.3. The van der Waals surface area contributed by atoms with E-state index in [9.17, 15) is 14.4 Å². The van der Waals surface area contributed by atoms with Gasteiger partial charge in [0.25, 0.3) is 0 Å². The van der Waals surface area contributed by atoms with Crippen LogP contribution in [0.5, 0.6) is 0 Å². The van der Waals surface area contributed by atoms with Crippen LogP contribution in [-0.2, 0) is 27.4 Å². The lowest BCUT2D eigenvalue weighted by molar-refractivity contribution is -0.139. The zero-order chi connectivity index (χ0) is 28.7. The number of amides is 1. The van der Waals surface area contributed by atoms with E-state index >= 15 is 0 Å². The van der Waals surface area contributed by atoms with Gasteiger partial charge < -0.3 is 15.0 Å². The fraction of sp³-hybridized carbons (Fsp3) is 0.548. The van der Waals surface area contributed by atoms with Crippen LogP contribution in [0.4, 0.5) is 0 Å². The molecule has 3 atom stereocenters. The molecular formula is C31H38N6O4. The van der Waals surface area contributed by atoms with Gasteiger partial charge in [0.1, 0.15) is 18.1 Å². The summed E-state index contributed by atoms with van der Waals surface area (Å²) in [5.41, 5.74) is 3.64. The number of nitrogens with zero attached hydrogens (tertiary/aromatic N) is 5. The molecule has 1 aliphatic carbocycles. The van der Waals surface area contributed by atoms with E-state index in [0.717, 1.165) is 54.4 Å². The third-order valence-corrected chi connectivity index (χ3v) is 8.93. The lowest BCUT2D eigenvalue weighted by Crippen LogP contribution is -2.44. The zero-order valence-corrected chi connectivity index (χ0v) is 24.1. The Morgan fingerprint density at radius 1 is 1.12 bits per heavy atom. The molecule has 10 heteroatoms. The first-order valence-electron chi connectivity index (χ1n) is 14.8. The largest absolute Gasteiger partial charge is 0.381 e. The Hall–Kier alpha value is -3.50. The number of ether oxygens (including phenoxy) is 1. The molecule has 2 bridgehead atoms. The Bertz CT molecular complexity index is 1500. The van der Waals surface area contributed by atoms with E-state index in [1.165, 1.54) is 6.92 Å². The number of aromatic nitrogens is 4. The van der Waals surface area contributed by atoms with Gasteiger partial charge in [-0.2, -0.15) is 5.10 Å². The molecule has 1 N–H and O–H groups in total. The van der Waals surface area contributed by atoms with Gasteiger partial charge in [-0.3, -0.25) is 19.1 Å². The molecule has 41 heavy (non-hydrogen) atoms. The highest BCUT2D eigenvalue weighted by atomic mass is 16.5. The lowest BCUT2D eigenvalue weighted by atomic mass is 9.97. The van der Waals surface area contributed by atoms with Gasteiger partial charge in [-0.25, -0.2) is 9.97 Å². The normalized spacial score (nSPS) is 25.1. The van der Waals surface area contributed by atoms with Crippen molar-refractivity contribution in [3.05, 3.63) is 41.6 Å². The first-order valence-corrected chi connectivity index (χ1v) is 14.8. The maximum Gasteiger partial charge on any atom is 0.245 e. The predicted octanol–water partition coefficient (Wildman–Crippen LogP) is 3.63. The molecule has 0 unspecified atom stereocenters. The van der Waals surface area contributed by atoms with Crippen molar-refractivity contribution in [1.82, 2.24) is 30.0 Å². The number of carbonyl (C=O) groups is 3. The minimum atomic E-state index is -0.433. The lowest BCUT2D eigenvalue weighted by Gasteiger charge is -2.26. The Morgan fingerprint density at radius 2 is 1.93 bits per heavy atom. The number of hydrogen-bond acceptors (Lipinski definition) is 8. The van der Waals surface area contributed by atoms with Gasteiger partial charge in [0.15, 0.2) is 11.6 Å². The van der Waals surface area contributed by atoms with E-state index in [1.807, 2.05) is 24.8 Å². The van der Waals surface area contributed by atoms with Gasteiger partial charge in [0.05, 0.1) is 18.2 Å². The molecule has 10 nitrogen and oxygen atoms in total. The number of benzene rings is 1. The Kier molecular flexibility index (Phi) is 7.46. The molecule has 1 saturated carbocycles. The van der Waals surface area contributed by atoms with Crippen molar-refractivity contribution in [3.63, 3.8) is 0 Å². The van der Waals surface area contributed by atoms with Crippen LogP contribution in [0.25, 0.3) is 22.0 Å². The van der Waals surface area contributed by atoms with Crippen molar-refractivity contribution in [3.8, 4) is 11.1 Å². The summed E-state index contributed by atoms with van der Waals surface area (Å²) >= 11 is 0. The standard InChI is InChI=1S/C31H38N6O4/c1-4-26(39)25-12-31-13-27(31)37(25)28(40)17-36-30-22(14-32-8-6-5-7-9-41-18-31)10-21(23-15-33-20(3)34-16-23)11-24(30)29(35-36)19(2)38/h10-11,15-16,25,27,32H,4-9,12-14,17-18H2,1-3H3/t25-,27+,31-/m0/s1. The molecule has 216 valence electrons. The number of piperidine rings is 1. The zero-order valence-electron chi connectivity index (χ0n) is 24.1. The molecule has 1 amide bonds. The van der Waals surface area contributed by atoms with Crippen molar-refractivity contribution >= 4 is 28.4 Å². The van der Waals surface area contributed by atoms with Crippen LogP contribution in [-0.4, -0.2) is 74.0 Å². The van der Waals surface area contributed by atoms with Gasteiger partial charge in [0, 0.05) is 61.3 Å². The average molecular weight is 559 g/mol. The van der Waals surface area contributed by atoms with E-state index in [4.69, 9.17) is 9.84 Å². The highest BCUT2D eigenvalue weighted by Crippen LogP contribution is 2.60. The van der Waals surface area contributed by atoms with Gasteiger partial charge >= 0.3 is 0 Å². The van der Waals surface area contributed by atoms with E-state index in [2.05, 4.69) is 21.4 Å². The number of rotatable bonds is 4. The summed E-state index contributed by atoms with van der Waals surface area (Å²) in [6.07, 6.45) is 8.52. The number of aryl methyl sites for hydroxylation is 1. The molecule has 2 aromatic heterocycles. The highest BCUT2D eigenvalue weighted by Gasteiger charge is 2.66. The molecule has 6 rings (SSSR count). The summed E-state index contributed by atoms with van der Waals surface area (Å²) in [6, 6.07) is 3.60. The minimum Gasteiger partial charge on any atom is -0.381 e. The van der Waals surface area contributed by atoms with Crippen molar-refractivity contribution in [2.24, 2.45) is 5.41 Å². The summed E-state index contributed by atoms with van der Waals surface area (Å²) in [7, 11) is 0. The number of nitrogens with one attached hydrogen (secondary N) is 1. The molecule has 1 aromatic carbocycles. The van der Waals surface area contributed by atoms with Crippen molar-refractivity contribution < 1.29 is 19.1 Å². The second-order valence-corrected chi connectivity index (χ2v) is 11.8. The highest BCUT2D eigenvalue weighted by molar-refractivity contribution is 6.07. The molecule has 3 aliphatic rings. The number of carbonyl (C=O) groups excluding carboxylic acids is 3. The quantitative estimate of drug-likeness (QED) is 0.482. The summed E-state index contributed by atoms with van der Waals surface area (Å²) < 4.78 is 7.76. The minimum absolute atomic E-state index is 0.00886. The average Bonchev–Trinajstić information content (AvgIpc) is 3.36. The van der Waals surface area contributed by atoms with E-state index in [0.29, 0.717) is 49.5 Å². The maximum atomic E-state index is 14.0. The van der Waals surface area contributed by atoms with E-state index in [1.54, 1.807) is 17.1 Å². The van der Waals surface area contributed by atoms with E-state index in [-0.39, 0.29) is 35.5 Å². The molecule has 2 fully saturated rings. The topological polar surface area (TPSA) is 119 Å². The smallest absolute Gasteiger partial charge is 0.245 e. The molecule has 1 saturated heterocycles. The van der Waals surface area contributed by atoms with Crippen LogP contribution in [0.15, 0.2) is 24.5 Å². The number of Topliss-reactive ketones (excluding diaryl/α,β-unsaturated/α-hetero) is 2. The molecule has 3 aromatic rings. The van der Waals surface area contributed by atoms with Gasteiger partial charge in [-0.15, -0.1) is 0 Å². The monoisotopic (exact) mass is 558 g/mol. The van der Waals surface area contributed by atoms with E-state index < -0.39 is 6.04 Å². The summed E-state index contributed by atoms with van der Waals surface area (Å²) in [5, 5.41) is 8.95. The first kappa shape index (κ1) is 27.7.